The van der Waals surface area contributed by atoms with Crippen LogP contribution < -0.4 is 0 Å². The predicted octanol–water partition coefficient (Wildman–Crippen LogP) is 4.43. The Hall–Kier alpha value is -0.490. The van der Waals surface area contributed by atoms with E-state index >= 15 is 0 Å². The molecule has 0 saturated carbocycles. The molecule has 0 aliphatic heterocycles. The van der Waals surface area contributed by atoms with Crippen molar-refractivity contribution in [3.8, 4) is 0 Å². The van der Waals surface area contributed by atoms with Gasteiger partial charge in [-0.1, -0.05) is 45.4 Å². The molecule has 1 heteroatoms. The van der Waals surface area contributed by atoms with Crippen LogP contribution in [-0.2, 0) is 0 Å². The third kappa shape index (κ3) is 2.73. The van der Waals surface area contributed by atoms with Gasteiger partial charge in [-0.05, 0) is 35.1 Å². The van der Waals surface area contributed by atoms with E-state index < -0.39 is 0 Å². The number of hydrogen-bond acceptors (Lipinski definition) is 0. The Kier molecular flexibility index (Phi) is 3.38. The summed E-state index contributed by atoms with van der Waals surface area (Å²) >= 11 is 6.02. The van der Waals surface area contributed by atoms with Gasteiger partial charge in [-0.2, -0.15) is 0 Å². The molecular formula is C12H16Cl. The second kappa shape index (κ2) is 4.15. The fraction of sp³-hybridized carbons (Fsp3) is 0.417. The third-order valence-electron chi connectivity index (χ3n) is 2.16. The molecule has 1 radical (unpaired) electrons. The Morgan fingerprint density at radius 2 is 1.77 bits per heavy atom. The molecule has 0 aromatic heterocycles. The van der Waals surface area contributed by atoms with Gasteiger partial charge in [0.15, 0.2) is 0 Å². The van der Waals surface area contributed by atoms with Crippen LogP contribution in [0.25, 0.3) is 0 Å². The van der Waals surface area contributed by atoms with Crippen LogP contribution in [0, 0.1) is 5.92 Å². The summed E-state index contributed by atoms with van der Waals surface area (Å²) in [4.78, 5) is 0. The summed E-state index contributed by atoms with van der Waals surface area (Å²) in [5.74, 6) is 1.85. The highest BCUT2D eigenvalue weighted by Crippen LogP contribution is 2.25. The second-order valence-corrected chi connectivity index (χ2v) is 4.36. The highest BCUT2D eigenvalue weighted by Gasteiger charge is 2.05. The van der Waals surface area contributed by atoms with Gasteiger partial charge in [0.1, 0.15) is 0 Å². The molecule has 0 aliphatic rings. The van der Waals surface area contributed by atoms with Crippen molar-refractivity contribution in [2.45, 2.75) is 33.6 Å². The fourth-order valence-corrected chi connectivity index (χ4v) is 1.48. The fourth-order valence-electron chi connectivity index (χ4n) is 1.23. The van der Waals surface area contributed by atoms with Crippen molar-refractivity contribution in [2.24, 2.45) is 0 Å². The lowest BCUT2D eigenvalue weighted by Crippen LogP contribution is -1.93. The van der Waals surface area contributed by atoms with Crippen molar-refractivity contribution < 1.29 is 0 Å². The van der Waals surface area contributed by atoms with Crippen LogP contribution in [0.1, 0.15) is 44.7 Å². The van der Waals surface area contributed by atoms with E-state index in [0.29, 0.717) is 5.92 Å². The van der Waals surface area contributed by atoms with Crippen LogP contribution in [0.3, 0.4) is 0 Å². The van der Waals surface area contributed by atoms with E-state index in [1.807, 2.05) is 12.1 Å². The molecule has 0 bridgehead atoms. The molecule has 71 valence electrons. The smallest absolute Gasteiger partial charge is 0.0411 e. The van der Waals surface area contributed by atoms with E-state index in [9.17, 15) is 0 Å². The Bertz CT molecular complexity index is 261. The molecule has 1 aromatic rings. The zero-order chi connectivity index (χ0) is 10.0. The summed E-state index contributed by atoms with van der Waals surface area (Å²) in [6.45, 7) is 8.58. The number of halogens is 1. The minimum absolute atomic E-state index is 0.539. The van der Waals surface area contributed by atoms with E-state index in [-0.39, 0.29) is 0 Å². The van der Waals surface area contributed by atoms with Gasteiger partial charge in [0, 0.05) is 5.02 Å². The lowest BCUT2D eigenvalue weighted by molar-refractivity contribution is 0.863. The van der Waals surface area contributed by atoms with Crippen molar-refractivity contribution in [2.75, 3.05) is 0 Å². The maximum Gasteiger partial charge on any atom is 0.0411 e. The van der Waals surface area contributed by atoms with E-state index in [0.717, 1.165) is 5.02 Å². The third-order valence-corrected chi connectivity index (χ3v) is 2.38. The van der Waals surface area contributed by atoms with Crippen molar-refractivity contribution in [1.29, 1.82) is 0 Å². The monoisotopic (exact) mass is 195 g/mol. The molecule has 13 heavy (non-hydrogen) atoms. The van der Waals surface area contributed by atoms with Gasteiger partial charge in [0.2, 0.25) is 0 Å². The summed E-state index contributed by atoms with van der Waals surface area (Å²) < 4.78 is 0. The highest BCUT2D eigenvalue weighted by molar-refractivity contribution is 6.30. The van der Waals surface area contributed by atoms with Gasteiger partial charge < -0.3 is 0 Å². The minimum Gasteiger partial charge on any atom is -0.0843 e. The summed E-state index contributed by atoms with van der Waals surface area (Å²) in [6.07, 6.45) is 0. The lowest BCUT2D eigenvalue weighted by atomic mass is 9.96. The molecule has 0 aliphatic carbocycles. The van der Waals surface area contributed by atoms with Crippen molar-refractivity contribution in [3.63, 3.8) is 0 Å². The molecule has 0 N–H and O–H groups in total. The molecule has 0 saturated heterocycles. The van der Waals surface area contributed by atoms with Gasteiger partial charge in [-0.25, -0.2) is 0 Å². The Morgan fingerprint density at radius 3 is 2.23 bits per heavy atom. The zero-order valence-electron chi connectivity index (χ0n) is 8.69. The molecule has 0 fully saturated rings. The van der Waals surface area contributed by atoms with Crippen molar-refractivity contribution in [1.82, 2.24) is 0 Å². The Morgan fingerprint density at radius 1 is 1.15 bits per heavy atom. The number of benzene rings is 1. The summed E-state index contributed by atoms with van der Waals surface area (Å²) in [5.41, 5.74) is 2.56. The van der Waals surface area contributed by atoms with E-state index in [1.165, 1.54) is 17.0 Å². The molecule has 1 rings (SSSR count). The Labute approximate surface area is 85.9 Å². The first-order chi connectivity index (χ1) is 6.00. The molecule has 0 spiro atoms. The molecular weight excluding hydrogens is 180 g/mol. The van der Waals surface area contributed by atoms with E-state index in [4.69, 9.17) is 11.6 Å². The number of hydrogen-bond donors (Lipinski definition) is 0. The number of rotatable bonds is 2. The van der Waals surface area contributed by atoms with Crippen LogP contribution in [0.4, 0.5) is 0 Å². The quantitative estimate of drug-likeness (QED) is 0.655. The first-order valence-electron chi connectivity index (χ1n) is 4.61. The van der Waals surface area contributed by atoms with Crippen molar-refractivity contribution >= 4 is 11.6 Å². The van der Waals surface area contributed by atoms with Crippen LogP contribution in [0.2, 0.25) is 5.02 Å². The average Bonchev–Trinajstić information content (AvgIpc) is 2.03. The summed E-state index contributed by atoms with van der Waals surface area (Å²) in [6, 6.07) is 6.27. The highest BCUT2D eigenvalue weighted by atomic mass is 35.5. The standard InChI is InChI=1S/C12H16Cl/c1-8(2)10-5-11(9(3)4)7-12(13)6-10/h5-8H,1-4H3. The van der Waals surface area contributed by atoms with Crippen LogP contribution in [0.5, 0.6) is 0 Å². The zero-order valence-corrected chi connectivity index (χ0v) is 9.44. The van der Waals surface area contributed by atoms with E-state index in [2.05, 4.69) is 33.8 Å². The summed E-state index contributed by atoms with van der Waals surface area (Å²) in [5, 5.41) is 0.836. The SMILES string of the molecule is C[C](C)c1cc(Cl)cc(C(C)C)c1. The normalized spacial score (nSPS) is 11.3. The molecule has 0 amide bonds. The van der Waals surface area contributed by atoms with Gasteiger partial charge in [0.05, 0.1) is 0 Å². The maximum atomic E-state index is 6.02. The Balaban J connectivity index is 3.11. The molecule has 0 atom stereocenters. The maximum absolute atomic E-state index is 6.02. The lowest BCUT2D eigenvalue weighted by Gasteiger charge is -2.11. The first-order valence-corrected chi connectivity index (χ1v) is 4.99. The second-order valence-electron chi connectivity index (χ2n) is 3.93. The van der Waals surface area contributed by atoms with Crippen molar-refractivity contribution in [3.05, 3.63) is 40.3 Å². The van der Waals surface area contributed by atoms with Gasteiger partial charge in [-0.15, -0.1) is 0 Å². The topological polar surface area (TPSA) is 0 Å². The summed E-state index contributed by atoms with van der Waals surface area (Å²) in [7, 11) is 0. The van der Waals surface area contributed by atoms with Crippen LogP contribution >= 0.6 is 11.6 Å². The van der Waals surface area contributed by atoms with Gasteiger partial charge in [-0.3, -0.25) is 0 Å². The predicted molar refractivity (Wildman–Crippen MR) is 59.2 cm³/mol. The average molecular weight is 196 g/mol. The molecule has 0 heterocycles. The van der Waals surface area contributed by atoms with Gasteiger partial charge >= 0.3 is 0 Å². The van der Waals surface area contributed by atoms with Crippen LogP contribution in [0.15, 0.2) is 18.2 Å². The van der Waals surface area contributed by atoms with Crippen LogP contribution in [-0.4, -0.2) is 0 Å². The largest absolute Gasteiger partial charge is 0.0843 e. The molecule has 1 aromatic carbocycles. The molecule has 0 unspecified atom stereocenters. The van der Waals surface area contributed by atoms with Gasteiger partial charge in [0.25, 0.3) is 0 Å². The molecule has 0 nitrogen and oxygen atoms in total. The first kappa shape index (κ1) is 10.6. The minimum atomic E-state index is 0.539. The van der Waals surface area contributed by atoms with E-state index in [1.54, 1.807) is 0 Å².